The molecule has 4 heteroatoms. The van der Waals surface area contributed by atoms with E-state index in [1.54, 1.807) is 0 Å². The van der Waals surface area contributed by atoms with Gasteiger partial charge in [0, 0.05) is 34.0 Å². The minimum absolute atomic E-state index is 0.662. The number of aromatic nitrogens is 2. The van der Waals surface area contributed by atoms with Crippen LogP contribution in [0.25, 0.3) is 44.9 Å². The van der Waals surface area contributed by atoms with Gasteiger partial charge in [0.05, 0.1) is 17.1 Å². The number of nitrogens with zero attached hydrogens (tertiary/aromatic N) is 4. The first kappa shape index (κ1) is 28.5. The Morgan fingerprint density at radius 3 is 1.87 bits per heavy atom. The van der Waals surface area contributed by atoms with E-state index >= 15 is 0 Å². The van der Waals surface area contributed by atoms with Crippen molar-refractivity contribution in [3.8, 4) is 44.9 Å². The van der Waals surface area contributed by atoms with E-state index < -0.39 is 0 Å². The van der Waals surface area contributed by atoms with Crippen LogP contribution in [0.3, 0.4) is 0 Å². The predicted molar refractivity (Wildman–Crippen MR) is 195 cm³/mol. The Kier molecular flexibility index (Phi) is 7.31. The monoisotopic (exact) mass is 606 g/mol. The Labute approximate surface area is 276 Å². The first-order valence-electron chi connectivity index (χ1n) is 16.1. The second-order valence-electron chi connectivity index (χ2n) is 12.0. The van der Waals surface area contributed by atoms with Gasteiger partial charge in [-0.25, -0.2) is 9.97 Å². The van der Waals surface area contributed by atoms with Gasteiger partial charge in [-0.1, -0.05) is 128 Å². The van der Waals surface area contributed by atoms with Gasteiger partial charge in [0.2, 0.25) is 0 Å². The molecule has 0 fully saturated rings. The summed E-state index contributed by atoms with van der Waals surface area (Å²) < 4.78 is 0. The lowest BCUT2D eigenvalue weighted by molar-refractivity contribution is 0.902. The molecule has 1 aromatic heterocycles. The summed E-state index contributed by atoms with van der Waals surface area (Å²) in [6.07, 6.45) is 6.55. The molecule has 6 aromatic rings. The summed E-state index contributed by atoms with van der Waals surface area (Å²) in [5, 5.41) is 0. The van der Waals surface area contributed by atoms with Gasteiger partial charge in [0.15, 0.2) is 5.82 Å². The second kappa shape index (κ2) is 12.1. The van der Waals surface area contributed by atoms with Crippen molar-refractivity contribution in [2.24, 2.45) is 0 Å². The van der Waals surface area contributed by atoms with Crippen molar-refractivity contribution in [1.82, 2.24) is 9.97 Å². The molecule has 0 atom stereocenters. The van der Waals surface area contributed by atoms with Crippen molar-refractivity contribution in [3.05, 3.63) is 175 Å². The first-order valence-corrected chi connectivity index (χ1v) is 16.1. The number of hydrogen-bond acceptors (Lipinski definition) is 4. The van der Waals surface area contributed by atoms with Crippen molar-refractivity contribution < 1.29 is 0 Å². The second-order valence-corrected chi connectivity index (χ2v) is 12.0. The van der Waals surface area contributed by atoms with Gasteiger partial charge in [-0.05, 0) is 60.7 Å². The lowest BCUT2D eigenvalue weighted by atomic mass is 9.99. The van der Waals surface area contributed by atoms with E-state index in [4.69, 9.17) is 16.5 Å². The maximum Gasteiger partial charge on any atom is 0.162 e. The van der Waals surface area contributed by atoms with Crippen LogP contribution in [0.15, 0.2) is 175 Å². The van der Waals surface area contributed by atoms with Crippen LogP contribution in [-0.2, 0) is 0 Å². The molecule has 1 aliphatic carbocycles. The van der Waals surface area contributed by atoms with E-state index in [2.05, 4.69) is 144 Å². The summed E-state index contributed by atoms with van der Waals surface area (Å²) >= 11 is 0. The molecule has 1 aliphatic heterocycles. The molecule has 2 aliphatic rings. The Balaban J connectivity index is 1.37. The fourth-order valence-corrected chi connectivity index (χ4v) is 6.63. The maximum absolute atomic E-state index is 5.28. The topological polar surface area (TPSA) is 32.3 Å². The normalized spacial score (nSPS) is 14.1. The number of rotatable bonds is 5. The summed E-state index contributed by atoms with van der Waals surface area (Å²) in [6.45, 7) is 7.03. The highest BCUT2D eigenvalue weighted by Gasteiger charge is 2.32. The third kappa shape index (κ3) is 5.24. The molecular formula is C43H34N4. The Hall–Kier alpha value is -6.00. The zero-order chi connectivity index (χ0) is 31.7. The summed E-state index contributed by atoms with van der Waals surface area (Å²) in [4.78, 5) is 15.0. The van der Waals surface area contributed by atoms with Crippen molar-refractivity contribution >= 4 is 17.2 Å². The van der Waals surface area contributed by atoms with Gasteiger partial charge in [0.1, 0.15) is 11.6 Å². The van der Waals surface area contributed by atoms with E-state index in [0.29, 0.717) is 5.82 Å². The molecule has 4 nitrogen and oxygen atoms in total. The molecule has 0 N–H and O–H groups in total. The van der Waals surface area contributed by atoms with E-state index in [9.17, 15) is 0 Å². The number of hydrogen-bond donors (Lipinski definition) is 0. The van der Waals surface area contributed by atoms with Gasteiger partial charge in [-0.2, -0.15) is 0 Å². The zero-order valence-electron chi connectivity index (χ0n) is 26.3. The van der Waals surface area contributed by atoms with Gasteiger partial charge in [-0.3, -0.25) is 9.80 Å². The first-order chi connectivity index (χ1) is 23.2. The fourth-order valence-electron chi connectivity index (χ4n) is 6.63. The van der Waals surface area contributed by atoms with Gasteiger partial charge < -0.3 is 0 Å². The Morgan fingerprint density at radius 1 is 0.574 bits per heavy atom. The molecule has 5 aromatic carbocycles. The van der Waals surface area contributed by atoms with Crippen molar-refractivity contribution in [1.29, 1.82) is 0 Å². The van der Waals surface area contributed by atoms with Crippen LogP contribution in [0.1, 0.15) is 19.8 Å². The summed E-state index contributed by atoms with van der Waals surface area (Å²) in [5.41, 5.74) is 12.0. The molecule has 0 spiro atoms. The highest BCUT2D eigenvalue weighted by Crippen LogP contribution is 2.48. The van der Waals surface area contributed by atoms with Crippen molar-refractivity contribution in [2.45, 2.75) is 19.8 Å². The quantitative estimate of drug-likeness (QED) is 0.195. The molecule has 2 heterocycles. The molecule has 0 saturated carbocycles. The van der Waals surface area contributed by atoms with Crippen LogP contribution < -0.4 is 9.80 Å². The van der Waals surface area contributed by atoms with Crippen LogP contribution in [0.2, 0.25) is 0 Å². The van der Waals surface area contributed by atoms with Crippen LogP contribution in [0.5, 0.6) is 0 Å². The van der Waals surface area contributed by atoms with E-state index in [-0.39, 0.29) is 0 Å². The average molecular weight is 607 g/mol. The molecule has 0 unspecified atom stereocenters. The standard InChI is InChI=1S/C43H34N4/c1-30-16-9-12-25-39(30)46-31(2)47(41-27-14-11-24-37(41)36-23-10-13-26-40(36)46)42-29-38(44-43(45-42)33-19-7-4-8-20-33)35-22-15-21-34(28-35)32-17-5-3-6-18-32/h3-8,10-15,17-29H,2,9,16H2,1H3. The predicted octanol–water partition coefficient (Wildman–Crippen LogP) is 11.2. The molecule has 47 heavy (non-hydrogen) atoms. The Morgan fingerprint density at radius 2 is 1.17 bits per heavy atom. The van der Waals surface area contributed by atoms with Crippen LogP contribution in [0, 0.1) is 0 Å². The van der Waals surface area contributed by atoms with Crippen molar-refractivity contribution in [3.63, 3.8) is 0 Å². The lowest BCUT2D eigenvalue weighted by Gasteiger charge is -2.35. The summed E-state index contributed by atoms with van der Waals surface area (Å²) in [5.74, 6) is 2.23. The summed E-state index contributed by atoms with van der Waals surface area (Å²) in [7, 11) is 0. The largest absolute Gasteiger partial charge is 0.296 e. The number of allylic oxidation sites excluding steroid dienone is 3. The van der Waals surface area contributed by atoms with Crippen molar-refractivity contribution in [2.75, 3.05) is 9.80 Å². The molecule has 0 saturated heterocycles. The van der Waals surface area contributed by atoms with E-state index in [1.165, 1.54) is 11.1 Å². The zero-order valence-corrected chi connectivity index (χ0v) is 26.3. The van der Waals surface area contributed by atoms with Gasteiger partial charge in [-0.15, -0.1) is 0 Å². The van der Waals surface area contributed by atoms with E-state index in [1.807, 2.05) is 24.3 Å². The number of anilines is 3. The van der Waals surface area contributed by atoms with E-state index in [0.717, 1.165) is 75.1 Å². The molecule has 0 bridgehead atoms. The van der Waals surface area contributed by atoms with Gasteiger partial charge in [0.25, 0.3) is 0 Å². The molecule has 0 radical (unpaired) electrons. The molecule has 0 amide bonds. The highest BCUT2D eigenvalue weighted by atomic mass is 15.4. The summed E-state index contributed by atoms with van der Waals surface area (Å²) in [6, 6.07) is 48.6. The molecular weight excluding hydrogens is 573 g/mol. The number of para-hydroxylation sites is 2. The molecule has 8 rings (SSSR count). The smallest absolute Gasteiger partial charge is 0.162 e. The number of fused-ring (bicyclic) bond motifs is 3. The SMILES string of the molecule is C=C1N(C2=C(C)CCC=C2)c2ccccc2-c2ccccc2N1c1cc(-c2cccc(-c3ccccc3)c2)nc(-c2ccccc2)n1. The number of benzene rings is 5. The fraction of sp³-hybridized carbons (Fsp3) is 0.0698. The molecule has 226 valence electrons. The van der Waals surface area contributed by atoms with Crippen LogP contribution in [-0.4, -0.2) is 9.97 Å². The Bertz CT molecular complexity index is 2180. The average Bonchev–Trinajstić information content (AvgIpc) is 3.24. The van der Waals surface area contributed by atoms with Gasteiger partial charge >= 0.3 is 0 Å². The third-order valence-electron chi connectivity index (χ3n) is 8.98. The maximum atomic E-state index is 5.28. The van der Waals surface area contributed by atoms with Crippen LogP contribution in [0.4, 0.5) is 17.2 Å². The minimum atomic E-state index is 0.662. The lowest BCUT2D eigenvalue weighted by Crippen LogP contribution is -2.32. The van der Waals surface area contributed by atoms with Crippen LogP contribution >= 0.6 is 0 Å². The minimum Gasteiger partial charge on any atom is -0.296 e. The highest BCUT2D eigenvalue weighted by molar-refractivity contribution is 5.95. The third-order valence-corrected chi connectivity index (χ3v) is 8.98.